The molecule has 22 heavy (non-hydrogen) atoms. The van der Waals surface area contributed by atoms with Gasteiger partial charge in [0.05, 0.1) is 12.6 Å². The molecule has 1 aliphatic carbocycles. The Balaban J connectivity index is 1.77. The average molecular weight is 310 g/mol. The van der Waals surface area contributed by atoms with Crippen molar-refractivity contribution in [2.24, 2.45) is 0 Å². The van der Waals surface area contributed by atoms with E-state index >= 15 is 0 Å². The number of benzene rings is 1. The molecule has 5 nitrogen and oxygen atoms in total. The Morgan fingerprint density at radius 2 is 1.95 bits per heavy atom. The number of aliphatic hydroxyl groups is 1. The van der Waals surface area contributed by atoms with Gasteiger partial charge in [0.15, 0.2) is 0 Å². The number of nitrogens with one attached hydrogen (secondary N) is 1. The van der Waals surface area contributed by atoms with Gasteiger partial charge in [-0.25, -0.2) is 13.6 Å². The summed E-state index contributed by atoms with van der Waals surface area (Å²) in [6.45, 7) is -0.352. The minimum atomic E-state index is -1.40. The van der Waals surface area contributed by atoms with Crippen LogP contribution in [0.25, 0.3) is 0 Å². The Hall–Kier alpha value is -2.02. The topological polar surface area (TPSA) is 69.6 Å². The predicted octanol–water partition coefficient (Wildman–Crippen LogP) is 1.86. The SMILES string of the molecule is O=C1NC2(CCCC2)C(=O)N1CC(O)c1ccc(F)cc1F. The summed E-state index contributed by atoms with van der Waals surface area (Å²) >= 11 is 0. The molecule has 1 saturated heterocycles. The molecular weight excluding hydrogens is 294 g/mol. The Bertz CT molecular complexity index is 629. The van der Waals surface area contributed by atoms with Crippen LogP contribution >= 0.6 is 0 Å². The van der Waals surface area contributed by atoms with Crippen molar-refractivity contribution in [2.75, 3.05) is 6.54 Å². The number of halogens is 2. The van der Waals surface area contributed by atoms with Crippen molar-refractivity contribution < 1.29 is 23.5 Å². The normalized spacial score (nSPS) is 21.5. The summed E-state index contributed by atoms with van der Waals surface area (Å²) in [5.74, 6) is -2.04. The molecule has 3 amide bonds. The van der Waals surface area contributed by atoms with Crippen LogP contribution in [0.15, 0.2) is 18.2 Å². The van der Waals surface area contributed by atoms with Crippen molar-refractivity contribution in [3.63, 3.8) is 0 Å². The number of aliphatic hydroxyl groups excluding tert-OH is 1. The van der Waals surface area contributed by atoms with Crippen molar-refractivity contribution in [1.29, 1.82) is 0 Å². The lowest BCUT2D eigenvalue weighted by Crippen LogP contribution is -2.44. The molecule has 118 valence electrons. The maximum Gasteiger partial charge on any atom is 0.325 e. The van der Waals surface area contributed by atoms with Gasteiger partial charge in [0.25, 0.3) is 5.91 Å². The van der Waals surface area contributed by atoms with E-state index in [2.05, 4.69) is 5.32 Å². The van der Waals surface area contributed by atoms with Gasteiger partial charge in [-0.15, -0.1) is 0 Å². The average Bonchev–Trinajstić information content (AvgIpc) is 3.00. The second-order valence-corrected chi connectivity index (χ2v) is 5.82. The van der Waals surface area contributed by atoms with Gasteiger partial charge < -0.3 is 10.4 Å². The van der Waals surface area contributed by atoms with Crippen LogP contribution in [0.5, 0.6) is 0 Å². The summed E-state index contributed by atoms with van der Waals surface area (Å²) in [5, 5.41) is 12.8. The zero-order chi connectivity index (χ0) is 15.9. The van der Waals surface area contributed by atoms with E-state index in [1.54, 1.807) is 0 Å². The third-order valence-electron chi connectivity index (χ3n) is 4.38. The molecule has 1 aromatic carbocycles. The van der Waals surface area contributed by atoms with Crippen LogP contribution in [-0.2, 0) is 4.79 Å². The quantitative estimate of drug-likeness (QED) is 0.837. The van der Waals surface area contributed by atoms with Gasteiger partial charge in [-0.3, -0.25) is 9.69 Å². The summed E-state index contributed by atoms with van der Waals surface area (Å²) in [6, 6.07) is 2.21. The third kappa shape index (κ3) is 2.35. The fourth-order valence-electron chi connectivity index (χ4n) is 3.20. The molecule has 0 radical (unpaired) electrons. The van der Waals surface area contributed by atoms with Gasteiger partial charge in [-0.1, -0.05) is 18.9 Å². The predicted molar refractivity (Wildman–Crippen MR) is 72.8 cm³/mol. The van der Waals surface area contributed by atoms with Crippen LogP contribution in [-0.4, -0.2) is 34.0 Å². The number of rotatable bonds is 3. The maximum atomic E-state index is 13.7. The Morgan fingerprint density at radius 3 is 2.59 bits per heavy atom. The number of hydrogen-bond acceptors (Lipinski definition) is 3. The molecule has 1 heterocycles. The van der Waals surface area contributed by atoms with Gasteiger partial charge in [0.2, 0.25) is 0 Å². The fraction of sp³-hybridized carbons (Fsp3) is 0.467. The van der Waals surface area contributed by atoms with E-state index in [-0.39, 0.29) is 18.0 Å². The van der Waals surface area contributed by atoms with E-state index in [1.165, 1.54) is 0 Å². The minimum absolute atomic E-state index is 0.144. The molecule has 0 bridgehead atoms. The second kappa shape index (κ2) is 5.31. The van der Waals surface area contributed by atoms with Crippen molar-refractivity contribution in [2.45, 2.75) is 37.3 Å². The standard InChI is InChI=1S/C15H16F2N2O3/c16-9-3-4-10(11(17)7-9)12(20)8-19-13(21)15(18-14(19)22)5-1-2-6-15/h3-4,7,12,20H,1-2,5-6,8H2,(H,18,22). The lowest BCUT2D eigenvalue weighted by Gasteiger charge is -2.21. The van der Waals surface area contributed by atoms with Crippen LogP contribution in [0.2, 0.25) is 0 Å². The van der Waals surface area contributed by atoms with Gasteiger partial charge >= 0.3 is 6.03 Å². The van der Waals surface area contributed by atoms with Crippen LogP contribution in [0.3, 0.4) is 0 Å². The summed E-state index contributed by atoms with van der Waals surface area (Å²) in [4.78, 5) is 25.3. The smallest absolute Gasteiger partial charge is 0.325 e. The maximum absolute atomic E-state index is 13.7. The highest BCUT2D eigenvalue weighted by atomic mass is 19.1. The van der Waals surface area contributed by atoms with E-state index in [9.17, 15) is 23.5 Å². The van der Waals surface area contributed by atoms with E-state index in [0.29, 0.717) is 18.9 Å². The molecule has 3 rings (SSSR count). The number of amides is 3. The van der Waals surface area contributed by atoms with Gasteiger partial charge in [-0.05, 0) is 18.9 Å². The van der Waals surface area contributed by atoms with Crippen molar-refractivity contribution >= 4 is 11.9 Å². The molecule has 1 aromatic rings. The molecule has 2 fully saturated rings. The summed E-state index contributed by atoms with van der Waals surface area (Å²) < 4.78 is 26.5. The zero-order valence-corrected chi connectivity index (χ0v) is 11.8. The lowest BCUT2D eigenvalue weighted by atomic mass is 9.98. The highest BCUT2D eigenvalue weighted by molar-refractivity contribution is 6.07. The molecule has 0 aromatic heterocycles. The second-order valence-electron chi connectivity index (χ2n) is 5.82. The first-order chi connectivity index (χ1) is 10.4. The van der Waals surface area contributed by atoms with Crippen molar-refractivity contribution in [3.05, 3.63) is 35.4 Å². The number of carbonyl (C=O) groups excluding carboxylic acids is 2. The third-order valence-corrected chi connectivity index (χ3v) is 4.38. The highest BCUT2D eigenvalue weighted by Crippen LogP contribution is 2.35. The molecule has 1 aliphatic heterocycles. The van der Waals surface area contributed by atoms with Crippen LogP contribution in [0, 0.1) is 11.6 Å². The van der Waals surface area contributed by atoms with Crippen LogP contribution in [0.4, 0.5) is 13.6 Å². The Morgan fingerprint density at radius 1 is 1.27 bits per heavy atom. The number of imide groups is 1. The molecule has 2 aliphatic rings. The molecule has 1 atom stereocenters. The van der Waals surface area contributed by atoms with E-state index in [0.717, 1.165) is 29.9 Å². The van der Waals surface area contributed by atoms with Crippen molar-refractivity contribution in [3.8, 4) is 0 Å². The number of hydrogen-bond donors (Lipinski definition) is 2. The first-order valence-electron chi connectivity index (χ1n) is 7.20. The molecular formula is C15H16F2N2O3. The number of urea groups is 1. The largest absolute Gasteiger partial charge is 0.386 e. The molecule has 2 N–H and O–H groups in total. The first kappa shape index (κ1) is 14.9. The lowest BCUT2D eigenvalue weighted by molar-refractivity contribution is -0.132. The van der Waals surface area contributed by atoms with E-state index < -0.39 is 29.3 Å². The minimum Gasteiger partial charge on any atom is -0.386 e. The van der Waals surface area contributed by atoms with Gasteiger partial charge in [0.1, 0.15) is 17.2 Å². The fourth-order valence-corrected chi connectivity index (χ4v) is 3.20. The molecule has 1 spiro atoms. The number of carbonyl (C=O) groups is 2. The monoisotopic (exact) mass is 310 g/mol. The molecule has 1 unspecified atom stereocenters. The van der Waals surface area contributed by atoms with E-state index in [4.69, 9.17) is 0 Å². The Kier molecular flexibility index (Phi) is 3.60. The molecule has 1 saturated carbocycles. The summed E-state index contributed by atoms with van der Waals surface area (Å²) in [7, 11) is 0. The highest BCUT2D eigenvalue weighted by Gasteiger charge is 2.52. The van der Waals surface area contributed by atoms with E-state index in [1.807, 2.05) is 0 Å². The van der Waals surface area contributed by atoms with Crippen molar-refractivity contribution in [1.82, 2.24) is 10.2 Å². The van der Waals surface area contributed by atoms with Crippen LogP contribution < -0.4 is 5.32 Å². The zero-order valence-electron chi connectivity index (χ0n) is 11.8. The molecule has 7 heteroatoms. The Labute approximate surface area is 125 Å². The van der Waals surface area contributed by atoms with Gasteiger partial charge in [0, 0.05) is 11.6 Å². The summed E-state index contributed by atoms with van der Waals surface area (Å²) in [6.07, 6.45) is 1.47. The number of nitrogens with zero attached hydrogens (tertiary/aromatic N) is 1. The summed E-state index contributed by atoms with van der Waals surface area (Å²) in [5.41, 5.74) is -1.01. The van der Waals surface area contributed by atoms with Crippen LogP contribution in [0.1, 0.15) is 37.4 Å². The van der Waals surface area contributed by atoms with Gasteiger partial charge in [-0.2, -0.15) is 0 Å². The number of β-amino-alcohol motifs (C(OH)–C–C–N with tert-alkyl or cyclic N) is 1. The first-order valence-corrected chi connectivity index (χ1v) is 7.20.